The van der Waals surface area contributed by atoms with Crippen LogP contribution in [0.15, 0.2) is 41.9 Å². The Morgan fingerprint density at radius 3 is 2.89 bits per heavy atom. The first kappa shape index (κ1) is 12.6. The highest BCUT2D eigenvalue weighted by Gasteiger charge is 2.02. The number of benzene rings is 1. The van der Waals surface area contributed by atoms with Crippen molar-refractivity contribution in [1.29, 1.82) is 0 Å². The van der Waals surface area contributed by atoms with Crippen molar-refractivity contribution < 1.29 is 9.53 Å². The second-order valence-corrected chi connectivity index (χ2v) is 4.61. The number of nitrogens with one attached hydrogen (secondary N) is 1. The lowest BCUT2D eigenvalue weighted by molar-refractivity contribution is -0.123. The summed E-state index contributed by atoms with van der Waals surface area (Å²) in [6, 6.07) is 9.29. The molecule has 0 atom stereocenters. The van der Waals surface area contributed by atoms with Crippen LogP contribution in [0.4, 0.5) is 0 Å². The summed E-state index contributed by atoms with van der Waals surface area (Å²) in [5, 5.41) is 5.75. The Labute approximate surface area is 110 Å². The summed E-state index contributed by atoms with van der Waals surface area (Å²) in [5.74, 6) is 0.586. The maximum atomic E-state index is 11.5. The van der Waals surface area contributed by atoms with Crippen molar-refractivity contribution in [3.63, 3.8) is 0 Å². The third kappa shape index (κ3) is 4.18. The van der Waals surface area contributed by atoms with Gasteiger partial charge in [-0.15, -0.1) is 11.3 Å². The number of amides is 1. The molecule has 0 aliphatic carbocycles. The number of nitrogens with zero attached hydrogens (tertiary/aromatic N) is 1. The number of hydrogen-bond donors (Lipinski definition) is 1. The highest BCUT2D eigenvalue weighted by molar-refractivity contribution is 7.09. The predicted octanol–water partition coefficient (Wildman–Crippen LogP) is 1.88. The minimum Gasteiger partial charge on any atom is -0.484 e. The lowest BCUT2D eigenvalue weighted by Gasteiger charge is -2.06. The van der Waals surface area contributed by atoms with Gasteiger partial charge < -0.3 is 10.1 Å². The fraction of sp³-hybridized carbons (Fsp3) is 0.231. The molecule has 1 amide bonds. The molecule has 1 aromatic carbocycles. The van der Waals surface area contributed by atoms with E-state index in [1.54, 1.807) is 17.5 Å². The van der Waals surface area contributed by atoms with Crippen LogP contribution in [0, 0.1) is 0 Å². The Morgan fingerprint density at radius 2 is 2.17 bits per heavy atom. The van der Waals surface area contributed by atoms with Crippen LogP contribution in [-0.4, -0.2) is 24.0 Å². The highest BCUT2D eigenvalue weighted by Crippen LogP contribution is 2.07. The third-order valence-electron chi connectivity index (χ3n) is 2.26. The zero-order chi connectivity index (χ0) is 12.6. The van der Waals surface area contributed by atoms with Crippen LogP contribution in [-0.2, 0) is 11.2 Å². The van der Waals surface area contributed by atoms with Gasteiger partial charge in [0.05, 0.1) is 5.01 Å². The van der Waals surface area contributed by atoms with Crippen LogP contribution in [0.1, 0.15) is 5.01 Å². The van der Waals surface area contributed by atoms with Crippen molar-refractivity contribution in [3.8, 4) is 5.75 Å². The zero-order valence-corrected chi connectivity index (χ0v) is 10.7. The smallest absolute Gasteiger partial charge is 0.257 e. The number of ether oxygens (including phenoxy) is 1. The van der Waals surface area contributed by atoms with Crippen molar-refractivity contribution >= 4 is 17.2 Å². The van der Waals surface area contributed by atoms with E-state index in [2.05, 4.69) is 10.3 Å². The molecule has 0 saturated carbocycles. The minimum atomic E-state index is -0.115. The molecule has 0 spiro atoms. The van der Waals surface area contributed by atoms with E-state index in [-0.39, 0.29) is 12.5 Å². The molecule has 0 fully saturated rings. The van der Waals surface area contributed by atoms with Gasteiger partial charge in [0.1, 0.15) is 5.75 Å². The summed E-state index contributed by atoms with van der Waals surface area (Å²) >= 11 is 1.59. The first-order valence-electron chi connectivity index (χ1n) is 5.67. The van der Waals surface area contributed by atoms with Crippen molar-refractivity contribution in [2.24, 2.45) is 0 Å². The molecule has 0 radical (unpaired) electrons. The zero-order valence-electron chi connectivity index (χ0n) is 9.83. The molecule has 0 saturated heterocycles. The second kappa shape index (κ2) is 6.76. The molecule has 0 bridgehead atoms. The van der Waals surface area contributed by atoms with E-state index in [0.29, 0.717) is 12.3 Å². The van der Waals surface area contributed by atoms with Crippen LogP contribution in [0.5, 0.6) is 5.75 Å². The van der Waals surface area contributed by atoms with Crippen LogP contribution >= 0.6 is 11.3 Å². The van der Waals surface area contributed by atoms with Gasteiger partial charge in [-0.3, -0.25) is 4.79 Å². The molecule has 0 unspecified atom stereocenters. The Bertz CT molecular complexity index is 471. The Morgan fingerprint density at radius 1 is 1.33 bits per heavy atom. The second-order valence-electron chi connectivity index (χ2n) is 3.63. The van der Waals surface area contributed by atoms with Crippen LogP contribution < -0.4 is 10.1 Å². The molecule has 0 aliphatic heterocycles. The van der Waals surface area contributed by atoms with Gasteiger partial charge in [0.25, 0.3) is 5.91 Å². The molecule has 2 aromatic rings. The average Bonchev–Trinajstić information content (AvgIpc) is 2.91. The highest BCUT2D eigenvalue weighted by atomic mass is 32.1. The van der Waals surface area contributed by atoms with Gasteiger partial charge in [-0.05, 0) is 12.1 Å². The number of carbonyl (C=O) groups is 1. The number of rotatable bonds is 6. The predicted molar refractivity (Wildman–Crippen MR) is 70.8 cm³/mol. The van der Waals surface area contributed by atoms with Crippen LogP contribution in [0.3, 0.4) is 0 Å². The van der Waals surface area contributed by atoms with Gasteiger partial charge >= 0.3 is 0 Å². The van der Waals surface area contributed by atoms with E-state index in [0.717, 1.165) is 11.4 Å². The monoisotopic (exact) mass is 262 g/mol. The standard InChI is InChI=1S/C13H14N2O2S/c16-12(10-17-11-4-2-1-3-5-11)14-7-6-13-15-8-9-18-13/h1-5,8-9H,6-7,10H2,(H,14,16). The molecule has 2 rings (SSSR count). The van der Waals surface area contributed by atoms with Gasteiger partial charge in [-0.25, -0.2) is 4.98 Å². The SMILES string of the molecule is O=C(COc1ccccc1)NCCc1nccs1. The number of carbonyl (C=O) groups excluding carboxylic acids is 1. The first-order chi connectivity index (χ1) is 8.84. The fourth-order valence-electron chi connectivity index (χ4n) is 1.40. The van der Waals surface area contributed by atoms with Gasteiger partial charge in [-0.1, -0.05) is 18.2 Å². The molecule has 5 heteroatoms. The molecule has 0 aliphatic rings. The summed E-state index contributed by atoms with van der Waals surface area (Å²) < 4.78 is 5.33. The summed E-state index contributed by atoms with van der Waals surface area (Å²) in [7, 11) is 0. The summed E-state index contributed by atoms with van der Waals surface area (Å²) in [6.07, 6.45) is 2.52. The molecule has 1 heterocycles. The van der Waals surface area contributed by atoms with Gasteiger partial charge in [0.15, 0.2) is 6.61 Å². The molecule has 94 valence electrons. The topological polar surface area (TPSA) is 51.2 Å². The average molecular weight is 262 g/mol. The van der Waals surface area contributed by atoms with Crippen LogP contribution in [0.25, 0.3) is 0 Å². The quantitative estimate of drug-likeness (QED) is 0.864. The van der Waals surface area contributed by atoms with Gasteiger partial charge in [0, 0.05) is 24.5 Å². The molecule has 4 nitrogen and oxygen atoms in total. The molecular weight excluding hydrogens is 248 g/mol. The van der Waals surface area contributed by atoms with Gasteiger partial charge in [-0.2, -0.15) is 0 Å². The lowest BCUT2D eigenvalue weighted by Crippen LogP contribution is -2.30. The normalized spacial score (nSPS) is 10.0. The Balaban J connectivity index is 1.63. The minimum absolute atomic E-state index is 0.0435. The van der Waals surface area contributed by atoms with E-state index >= 15 is 0 Å². The lowest BCUT2D eigenvalue weighted by atomic mass is 10.3. The molecule has 1 aromatic heterocycles. The van der Waals surface area contributed by atoms with E-state index in [9.17, 15) is 4.79 Å². The third-order valence-corrected chi connectivity index (χ3v) is 3.10. The number of para-hydroxylation sites is 1. The van der Waals surface area contributed by atoms with E-state index in [1.165, 1.54) is 0 Å². The largest absolute Gasteiger partial charge is 0.484 e. The fourth-order valence-corrected chi connectivity index (χ4v) is 2.02. The first-order valence-corrected chi connectivity index (χ1v) is 6.55. The van der Waals surface area contributed by atoms with Crippen LogP contribution in [0.2, 0.25) is 0 Å². The molecule has 1 N–H and O–H groups in total. The van der Waals surface area contributed by atoms with Crippen molar-refractivity contribution in [3.05, 3.63) is 46.9 Å². The van der Waals surface area contributed by atoms with Crippen molar-refractivity contribution in [2.45, 2.75) is 6.42 Å². The van der Waals surface area contributed by atoms with E-state index < -0.39 is 0 Å². The summed E-state index contributed by atoms with van der Waals surface area (Å²) in [6.45, 7) is 0.631. The maximum absolute atomic E-state index is 11.5. The van der Waals surface area contributed by atoms with E-state index in [1.807, 2.05) is 35.7 Å². The maximum Gasteiger partial charge on any atom is 0.257 e. The van der Waals surface area contributed by atoms with E-state index in [4.69, 9.17) is 4.74 Å². The van der Waals surface area contributed by atoms with Gasteiger partial charge in [0.2, 0.25) is 0 Å². The number of aromatic nitrogens is 1. The Kier molecular flexibility index (Phi) is 4.72. The Hall–Kier alpha value is -1.88. The summed E-state index contributed by atoms with van der Waals surface area (Å²) in [4.78, 5) is 15.6. The van der Waals surface area contributed by atoms with Crippen molar-refractivity contribution in [2.75, 3.05) is 13.2 Å². The van der Waals surface area contributed by atoms with Crippen molar-refractivity contribution in [1.82, 2.24) is 10.3 Å². The molecular formula is C13H14N2O2S. The molecule has 18 heavy (non-hydrogen) atoms. The number of thiazole rings is 1. The summed E-state index contributed by atoms with van der Waals surface area (Å²) in [5.41, 5.74) is 0. The number of hydrogen-bond acceptors (Lipinski definition) is 4.